The number of anilines is 1. The molecule has 0 amide bonds. The third-order valence-corrected chi connectivity index (χ3v) is 1.82. The summed E-state index contributed by atoms with van der Waals surface area (Å²) in [5.74, 6) is -3.13. The maximum absolute atomic E-state index is 12.9. The van der Waals surface area contributed by atoms with Crippen LogP contribution in [0.25, 0.3) is 0 Å². The van der Waals surface area contributed by atoms with Crippen molar-refractivity contribution in [3.8, 4) is 0 Å². The summed E-state index contributed by atoms with van der Waals surface area (Å²) in [6.45, 7) is 2.37. The van der Waals surface area contributed by atoms with Gasteiger partial charge in [0.05, 0.1) is 5.69 Å². The Hall–Kier alpha value is -1.19. The van der Waals surface area contributed by atoms with Crippen LogP contribution in [0.15, 0.2) is 0 Å². The number of nitrogen functional groups attached to an aromatic ring is 1. The minimum absolute atomic E-state index is 0.185. The van der Waals surface area contributed by atoms with E-state index in [-0.39, 0.29) is 16.8 Å². The molecule has 1 rings (SSSR count). The standard InChI is InChI=1S/C8H8F3N/c1-3-5(9)6(10)4(2)8(12)7(3)11/h12H2,1-2H3. The molecule has 1 nitrogen and oxygen atoms in total. The lowest BCUT2D eigenvalue weighted by Gasteiger charge is -2.07. The topological polar surface area (TPSA) is 26.0 Å². The van der Waals surface area contributed by atoms with E-state index < -0.39 is 17.5 Å². The molecule has 0 aliphatic heterocycles. The average Bonchev–Trinajstić information content (AvgIpc) is 2.08. The number of halogens is 3. The number of hydrogen-bond acceptors (Lipinski definition) is 1. The highest BCUT2D eigenvalue weighted by Gasteiger charge is 2.17. The fraction of sp³-hybridized carbons (Fsp3) is 0.250. The van der Waals surface area contributed by atoms with Gasteiger partial charge in [0.25, 0.3) is 0 Å². The van der Waals surface area contributed by atoms with E-state index in [1.54, 1.807) is 0 Å². The minimum Gasteiger partial charge on any atom is -0.396 e. The second kappa shape index (κ2) is 2.69. The molecule has 0 bridgehead atoms. The summed E-state index contributed by atoms with van der Waals surface area (Å²) in [5, 5.41) is 0. The first-order chi connectivity index (χ1) is 5.46. The Bertz CT molecular complexity index is 229. The normalized spacial score (nSPS) is 10.4. The van der Waals surface area contributed by atoms with Crippen LogP contribution < -0.4 is 5.73 Å². The first kappa shape index (κ1) is 8.90. The van der Waals surface area contributed by atoms with Gasteiger partial charge in [-0.05, 0) is 13.8 Å². The smallest absolute Gasteiger partial charge is 0.165 e. The first-order valence-corrected chi connectivity index (χ1v) is 3.36. The van der Waals surface area contributed by atoms with E-state index in [2.05, 4.69) is 0 Å². The monoisotopic (exact) mass is 175 g/mol. The summed E-state index contributed by atoms with van der Waals surface area (Å²) < 4.78 is 38.5. The third kappa shape index (κ3) is 1.03. The number of rotatable bonds is 0. The van der Waals surface area contributed by atoms with Crippen molar-refractivity contribution in [2.45, 2.75) is 13.8 Å². The number of nitrogens with two attached hydrogens (primary N) is 1. The predicted octanol–water partition coefficient (Wildman–Crippen LogP) is 2.30. The highest BCUT2D eigenvalue weighted by Crippen LogP contribution is 2.25. The molecule has 0 heterocycles. The summed E-state index contributed by atoms with van der Waals surface area (Å²) in [4.78, 5) is 0. The van der Waals surface area contributed by atoms with Gasteiger partial charge >= 0.3 is 0 Å². The maximum Gasteiger partial charge on any atom is 0.165 e. The zero-order chi connectivity index (χ0) is 9.46. The van der Waals surface area contributed by atoms with Crippen LogP contribution in [-0.2, 0) is 0 Å². The number of hydrogen-bond donors (Lipinski definition) is 1. The summed E-state index contributed by atoms with van der Waals surface area (Å²) >= 11 is 0. The van der Waals surface area contributed by atoms with Gasteiger partial charge in [0.2, 0.25) is 0 Å². The molecule has 1 aromatic carbocycles. The van der Waals surface area contributed by atoms with Crippen LogP contribution in [0, 0.1) is 31.3 Å². The van der Waals surface area contributed by atoms with Gasteiger partial charge in [-0.3, -0.25) is 0 Å². The molecule has 2 N–H and O–H groups in total. The molecule has 0 unspecified atom stereocenters. The van der Waals surface area contributed by atoms with Crippen molar-refractivity contribution in [1.82, 2.24) is 0 Å². The maximum atomic E-state index is 12.9. The van der Waals surface area contributed by atoms with E-state index in [9.17, 15) is 13.2 Å². The molecule has 0 saturated heterocycles. The van der Waals surface area contributed by atoms with Crippen molar-refractivity contribution in [3.05, 3.63) is 28.6 Å². The summed E-state index contributed by atoms with van der Waals surface area (Å²) in [6, 6.07) is 0. The lowest BCUT2D eigenvalue weighted by molar-refractivity contribution is 0.482. The molecule has 0 aliphatic rings. The third-order valence-electron chi connectivity index (χ3n) is 1.82. The Labute approximate surface area is 68.0 Å². The van der Waals surface area contributed by atoms with Crippen molar-refractivity contribution in [2.75, 3.05) is 5.73 Å². The van der Waals surface area contributed by atoms with Crippen LogP contribution in [0.4, 0.5) is 18.9 Å². The van der Waals surface area contributed by atoms with Gasteiger partial charge in [0.15, 0.2) is 17.5 Å². The Kier molecular flexibility index (Phi) is 2.00. The predicted molar refractivity (Wildman–Crippen MR) is 40.2 cm³/mol. The molecule has 0 radical (unpaired) electrons. The molecule has 4 heteroatoms. The van der Waals surface area contributed by atoms with E-state index >= 15 is 0 Å². The SMILES string of the molecule is Cc1c(N)c(F)c(C)c(F)c1F. The van der Waals surface area contributed by atoms with Gasteiger partial charge in [0.1, 0.15) is 0 Å². The summed E-state index contributed by atoms with van der Waals surface area (Å²) in [6.07, 6.45) is 0. The molecule has 0 fully saturated rings. The quantitative estimate of drug-likeness (QED) is 0.475. The molecule has 0 aromatic heterocycles. The van der Waals surface area contributed by atoms with Gasteiger partial charge < -0.3 is 5.73 Å². The first-order valence-electron chi connectivity index (χ1n) is 3.36. The molecular weight excluding hydrogens is 167 g/mol. The molecule has 0 spiro atoms. The molecule has 66 valence electrons. The van der Waals surface area contributed by atoms with E-state index in [1.807, 2.05) is 0 Å². The lowest BCUT2D eigenvalue weighted by Crippen LogP contribution is -2.04. The second-order valence-electron chi connectivity index (χ2n) is 2.61. The Morgan fingerprint density at radius 1 is 0.833 bits per heavy atom. The van der Waals surface area contributed by atoms with Crippen molar-refractivity contribution in [2.24, 2.45) is 0 Å². The molecule has 12 heavy (non-hydrogen) atoms. The number of benzene rings is 1. The highest BCUT2D eigenvalue weighted by atomic mass is 19.2. The Morgan fingerprint density at radius 3 is 1.75 bits per heavy atom. The average molecular weight is 175 g/mol. The molecule has 0 aliphatic carbocycles. The molecule has 1 aromatic rings. The van der Waals surface area contributed by atoms with Crippen molar-refractivity contribution >= 4 is 5.69 Å². The van der Waals surface area contributed by atoms with Crippen LogP contribution in [0.5, 0.6) is 0 Å². The largest absolute Gasteiger partial charge is 0.396 e. The summed E-state index contributed by atoms with van der Waals surface area (Å²) in [7, 11) is 0. The van der Waals surface area contributed by atoms with E-state index in [4.69, 9.17) is 5.73 Å². The Morgan fingerprint density at radius 2 is 1.25 bits per heavy atom. The van der Waals surface area contributed by atoms with Gasteiger partial charge in [-0.2, -0.15) is 0 Å². The zero-order valence-corrected chi connectivity index (χ0v) is 6.71. The fourth-order valence-corrected chi connectivity index (χ4v) is 0.910. The van der Waals surface area contributed by atoms with Gasteiger partial charge in [-0.25, -0.2) is 13.2 Å². The minimum atomic E-state index is -1.17. The second-order valence-corrected chi connectivity index (χ2v) is 2.61. The fourth-order valence-electron chi connectivity index (χ4n) is 0.910. The van der Waals surface area contributed by atoms with E-state index in [0.717, 1.165) is 6.92 Å². The van der Waals surface area contributed by atoms with Crippen LogP contribution >= 0.6 is 0 Å². The van der Waals surface area contributed by atoms with Crippen LogP contribution in [0.3, 0.4) is 0 Å². The van der Waals surface area contributed by atoms with Crippen LogP contribution in [-0.4, -0.2) is 0 Å². The van der Waals surface area contributed by atoms with E-state index in [1.165, 1.54) is 6.92 Å². The highest BCUT2D eigenvalue weighted by molar-refractivity contribution is 5.51. The van der Waals surface area contributed by atoms with Crippen molar-refractivity contribution < 1.29 is 13.2 Å². The van der Waals surface area contributed by atoms with Crippen molar-refractivity contribution in [1.29, 1.82) is 0 Å². The molecule has 0 saturated carbocycles. The van der Waals surface area contributed by atoms with Crippen molar-refractivity contribution in [3.63, 3.8) is 0 Å². The van der Waals surface area contributed by atoms with Gasteiger partial charge in [-0.15, -0.1) is 0 Å². The van der Waals surface area contributed by atoms with E-state index in [0.29, 0.717) is 0 Å². The van der Waals surface area contributed by atoms with Crippen LogP contribution in [0.2, 0.25) is 0 Å². The van der Waals surface area contributed by atoms with Gasteiger partial charge in [0, 0.05) is 11.1 Å². The molecule has 0 atom stereocenters. The Balaban J connectivity index is 3.60. The lowest BCUT2D eigenvalue weighted by atomic mass is 10.1. The summed E-state index contributed by atoms with van der Waals surface area (Å²) in [5.41, 5.74) is 4.28. The zero-order valence-electron chi connectivity index (χ0n) is 6.71. The van der Waals surface area contributed by atoms with Gasteiger partial charge in [-0.1, -0.05) is 0 Å². The molecular formula is C8H8F3N. The van der Waals surface area contributed by atoms with Crippen LogP contribution in [0.1, 0.15) is 11.1 Å².